The molecule has 0 rings (SSSR count). The second-order valence-electron chi connectivity index (χ2n) is 13.5. The van der Waals surface area contributed by atoms with Gasteiger partial charge in [-0.15, -0.1) is 0 Å². The summed E-state index contributed by atoms with van der Waals surface area (Å²) in [5.74, 6) is -7.54. The van der Waals surface area contributed by atoms with E-state index in [1.54, 1.807) is 0 Å². The first-order valence-electron chi connectivity index (χ1n) is 21.6. The van der Waals surface area contributed by atoms with Crippen molar-refractivity contribution in [1.29, 1.82) is 0 Å². The SMILES string of the molecule is CCCC(=O)CC(=O)[O-].CCCC(=O)CC(=O)[O-].CCCC(=O)CC(=O)[O-].CCCC(=O)CC(=O)[O-].CCCCOOC(=O)CC(=O)CCC.CCCCOOC(=O)CC(=O)CCC.[Ti+4]. The Labute approximate surface area is 398 Å². The molecule has 0 aliphatic carbocycles. The molecule has 0 spiro atoms. The maximum Gasteiger partial charge on any atom is 4.00 e. The number of hydrogen-bond acceptors (Lipinski definition) is 20. The van der Waals surface area contributed by atoms with Gasteiger partial charge in [-0.25, -0.2) is 9.59 Å². The second kappa shape index (κ2) is 57.5. The third kappa shape index (κ3) is 80.3. The molecule has 0 fully saturated rings. The smallest absolute Gasteiger partial charge is 0.550 e. The third-order valence-electron chi connectivity index (χ3n) is 6.69. The molecular weight excluding hydrogens is 896 g/mol. The van der Waals surface area contributed by atoms with Crippen molar-refractivity contribution >= 4 is 70.5 Å². The molecule has 0 N–H and O–H groups in total. The number of carboxylic acids is 4. The Hall–Kier alpha value is -4.53. The molecule has 0 aromatic carbocycles. The Bertz CT molecular complexity index is 1190. The summed E-state index contributed by atoms with van der Waals surface area (Å²) in [6.45, 7) is 15.9. The van der Waals surface area contributed by atoms with E-state index in [4.69, 9.17) is 0 Å². The van der Waals surface area contributed by atoms with Crippen molar-refractivity contribution in [3.8, 4) is 0 Å². The maximum absolute atomic E-state index is 11.0. The largest absolute Gasteiger partial charge is 4.00 e. The summed E-state index contributed by atoms with van der Waals surface area (Å²) < 4.78 is 0. The van der Waals surface area contributed by atoms with E-state index in [0.717, 1.165) is 38.5 Å². The van der Waals surface area contributed by atoms with Crippen LogP contribution in [0.3, 0.4) is 0 Å². The van der Waals surface area contributed by atoms with Crippen molar-refractivity contribution < 1.29 is 119 Å². The monoisotopic (exact) mass is 968 g/mol. The van der Waals surface area contributed by atoms with Crippen LogP contribution in [0.5, 0.6) is 0 Å². The normalized spacial score (nSPS) is 9.23. The standard InChI is InChI=1S/2C10H18O4.4C6H10O3.Ti/c2*1-3-5-7-13-14-10(12)8-9(11)6-4-2;4*1-2-3-5(7)4-6(8)9;/h2*3-8H2,1-2H3;4*2-4H2,1H3,(H,8,9);/q;;;;;;+4/p-4. The molecule has 372 valence electrons. The molecule has 65 heavy (non-hydrogen) atoms. The fourth-order valence-electron chi connectivity index (χ4n) is 3.85. The fraction of sp³-hybridized carbons (Fsp3) is 0.727. The van der Waals surface area contributed by atoms with Crippen LogP contribution in [-0.4, -0.2) is 83.7 Å². The molecule has 0 aliphatic rings. The average Bonchev–Trinajstić information content (AvgIpc) is 3.16. The van der Waals surface area contributed by atoms with Gasteiger partial charge in [-0.1, -0.05) is 68.2 Å². The number of rotatable bonds is 32. The minimum atomic E-state index is -1.28. The van der Waals surface area contributed by atoms with E-state index in [2.05, 4.69) is 19.6 Å². The number of carbonyl (C=O) groups is 12. The van der Waals surface area contributed by atoms with Crippen LogP contribution in [0.2, 0.25) is 0 Å². The van der Waals surface area contributed by atoms with Crippen LogP contribution in [0.1, 0.15) is 197 Å². The van der Waals surface area contributed by atoms with Gasteiger partial charge in [-0.05, 0) is 51.4 Å². The summed E-state index contributed by atoms with van der Waals surface area (Å²) in [5, 5.41) is 39.0. The fourth-order valence-corrected chi connectivity index (χ4v) is 3.85. The van der Waals surface area contributed by atoms with E-state index in [9.17, 15) is 78.0 Å². The van der Waals surface area contributed by atoms with Gasteiger partial charge < -0.3 is 39.6 Å². The Morgan fingerprint density at radius 2 is 0.492 bits per heavy atom. The molecule has 0 aliphatic heterocycles. The molecule has 20 nitrogen and oxygen atoms in total. The molecule has 0 unspecified atom stereocenters. The van der Waals surface area contributed by atoms with Gasteiger partial charge in [0.2, 0.25) is 0 Å². The van der Waals surface area contributed by atoms with Crippen LogP contribution in [-0.2, 0) is 98.8 Å². The Morgan fingerprint density at radius 3 is 0.646 bits per heavy atom. The first-order chi connectivity index (χ1) is 30.1. The van der Waals surface area contributed by atoms with Crippen molar-refractivity contribution in [2.75, 3.05) is 13.2 Å². The summed E-state index contributed by atoms with van der Waals surface area (Å²) in [7, 11) is 0. The van der Waals surface area contributed by atoms with Crippen LogP contribution in [0, 0.1) is 0 Å². The van der Waals surface area contributed by atoms with Gasteiger partial charge in [0, 0.05) is 88.1 Å². The zero-order chi connectivity index (χ0) is 50.7. The van der Waals surface area contributed by atoms with Gasteiger partial charge in [0.05, 0.1) is 13.2 Å². The molecule has 0 aromatic rings. The van der Waals surface area contributed by atoms with Crippen molar-refractivity contribution in [1.82, 2.24) is 0 Å². The summed E-state index contributed by atoms with van der Waals surface area (Å²) in [5.41, 5.74) is 0. The number of aliphatic carboxylic acids is 4. The van der Waals surface area contributed by atoms with Crippen LogP contribution < -0.4 is 20.4 Å². The van der Waals surface area contributed by atoms with Gasteiger partial charge >= 0.3 is 33.7 Å². The maximum atomic E-state index is 11.0. The number of unbranched alkanes of at least 4 members (excludes halogenated alkanes) is 2. The Kier molecular flexibility index (Phi) is 66.2. The van der Waals surface area contributed by atoms with Crippen molar-refractivity contribution in [3.63, 3.8) is 0 Å². The first kappa shape index (κ1) is 74.8. The molecule has 0 heterocycles. The van der Waals surface area contributed by atoms with Crippen LogP contribution >= 0.6 is 0 Å². The van der Waals surface area contributed by atoms with E-state index in [0.29, 0.717) is 77.4 Å². The molecule has 0 radical (unpaired) electrons. The summed E-state index contributed by atoms with van der Waals surface area (Å²) in [6, 6.07) is 0. The number of ketones is 6. The van der Waals surface area contributed by atoms with Gasteiger partial charge in [0.25, 0.3) is 0 Å². The van der Waals surface area contributed by atoms with E-state index in [-0.39, 0.29) is 69.3 Å². The van der Waals surface area contributed by atoms with Crippen LogP contribution in [0.25, 0.3) is 0 Å². The van der Waals surface area contributed by atoms with Crippen molar-refractivity contribution in [2.24, 2.45) is 0 Å². The molecule has 0 bridgehead atoms. The molecular formula is C44H72O20Ti. The quantitative estimate of drug-likeness (QED) is 0.0306. The Morgan fingerprint density at radius 1 is 0.308 bits per heavy atom. The average molecular weight is 969 g/mol. The number of carbonyl (C=O) groups excluding carboxylic acids is 12. The first-order valence-corrected chi connectivity index (χ1v) is 21.6. The predicted molar refractivity (Wildman–Crippen MR) is 221 cm³/mol. The summed E-state index contributed by atoms with van der Waals surface area (Å²) in [4.78, 5) is 143. The van der Waals surface area contributed by atoms with Gasteiger partial charge in [-0.2, -0.15) is 9.78 Å². The topological polar surface area (TPSA) is 334 Å². The second-order valence-corrected chi connectivity index (χ2v) is 13.5. The van der Waals surface area contributed by atoms with Crippen LogP contribution in [0.15, 0.2) is 0 Å². The van der Waals surface area contributed by atoms with Gasteiger partial charge in [0.1, 0.15) is 47.5 Å². The molecule has 0 aromatic heterocycles. The number of Topliss-reactive ketones (excluding diaryl/α,β-unsaturated/α-hetero) is 6. The number of carboxylic acid groups (broad SMARTS) is 4. The minimum absolute atomic E-state index is 0. The van der Waals surface area contributed by atoms with E-state index >= 15 is 0 Å². The van der Waals surface area contributed by atoms with Gasteiger partial charge in [0.15, 0.2) is 0 Å². The zero-order valence-electron chi connectivity index (χ0n) is 39.6. The Balaban J connectivity index is -0.000000125. The molecule has 0 saturated heterocycles. The van der Waals surface area contributed by atoms with E-state index in [1.807, 2.05) is 55.4 Å². The molecule has 0 amide bonds. The zero-order valence-corrected chi connectivity index (χ0v) is 41.2. The van der Waals surface area contributed by atoms with Gasteiger partial charge in [-0.3, -0.25) is 38.5 Å². The predicted octanol–water partition coefficient (Wildman–Crippen LogP) is 2.02. The van der Waals surface area contributed by atoms with E-state index in [1.165, 1.54) is 0 Å². The van der Waals surface area contributed by atoms with Crippen molar-refractivity contribution in [2.45, 2.75) is 197 Å². The number of hydrogen-bond donors (Lipinski definition) is 0. The summed E-state index contributed by atoms with van der Waals surface area (Å²) in [6.07, 6.45) is 8.05. The molecule has 21 heteroatoms. The van der Waals surface area contributed by atoms with E-state index < -0.39 is 61.5 Å². The van der Waals surface area contributed by atoms with Crippen LogP contribution in [0.4, 0.5) is 0 Å². The minimum Gasteiger partial charge on any atom is -0.550 e. The molecule has 0 atom stereocenters. The molecule has 0 saturated carbocycles. The third-order valence-corrected chi connectivity index (χ3v) is 6.69. The van der Waals surface area contributed by atoms with Crippen molar-refractivity contribution in [3.05, 3.63) is 0 Å². The summed E-state index contributed by atoms with van der Waals surface area (Å²) >= 11 is 0.